The molecule has 0 spiro atoms. The zero-order valence-electron chi connectivity index (χ0n) is 8.98. The number of hydrogen-bond acceptors (Lipinski definition) is 3. The molecule has 1 rings (SSSR count). The van der Waals surface area contributed by atoms with Crippen molar-refractivity contribution in [2.24, 2.45) is 0 Å². The van der Waals surface area contributed by atoms with Crippen LogP contribution in [0.5, 0.6) is 0 Å². The Hall–Kier alpha value is -1.28. The molecule has 0 saturated heterocycles. The summed E-state index contributed by atoms with van der Waals surface area (Å²) in [7, 11) is 0. The van der Waals surface area contributed by atoms with E-state index in [4.69, 9.17) is 0 Å². The van der Waals surface area contributed by atoms with Crippen molar-refractivity contribution in [3.63, 3.8) is 0 Å². The number of carbonyl (C=O) groups excluding carboxylic acids is 2. The van der Waals surface area contributed by atoms with E-state index in [1.807, 2.05) is 0 Å². The van der Waals surface area contributed by atoms with Gasteiger partial charge in [-0.1, -0.05) is 6.92 Å². The number of halogens is 6. The summed E-state index contributed by atoms with van der Waals surface area (Å²) in [5.41, 5.74) is -4.11. The summed E-state index contributed by atoms with van der Waals surface area (Å²) in [6, 6.07) is 0. The fourth-order valence-electron chi connectivity index (χ4n) is 1.65. The van der Waals surface area contributed by atoms with E-state index in [1.54, 1.807) is 0 Å². The molecule has 9 heteroatoms. The average Bonchev–Trinajstić information content (AvgIpc) is 2.26. The largest absolute Gasteiger partial charge is 0.445 e. The maximum absolute atomic E-state index is 13.1. The lowest BCUT2D eigenvalue weighted by atomic mass is 9.66. The second-order valence-electron chi connectivity index (χ2n) is 3.75. The number of ether oxygens (including phenoxy) is 1. The second-order valence-corrected chi connectivity index (χ2v) is 3.75. The normalized spacial score (nSPS) is 25.9. The van der Waals surface area contributed by atoms with E-state index in [2.05, 4.69) is 4.74 Å². The van der Waals surface area contributed by atoms with E-state index in [-0.39, 0.29) is 0 Å². The highest BCUT2D eigenvalue weighted by Gasteiger charge is 3.00. The van der Waals surface area contributed by atoms with Gasteiger partial charge in [0.25, 0.3) is 5.60 Å². The molecule has 0 aromatic rings. The van der Waals surface area contributed by atoms with Crippen LogP contribution in [0.3, 0.4) is 0 Å². The SMILES string of the molecule is CCC(=O)OC1(CC=O)C(F)(F)C(F)(F)C1(F)F. The molecule has 1 aliphatic carbocycles. The van der Waals surface area contributed by atoms with Crippen LogP contribution in [0.1, 0.15) is 19.8 Å². The third kappa shape index (κ3) is 1.33. The van der Waals surface area contributed by atoms with Crippen molar-refractivity contribution in [2.45, 2.75) is 43.1 Å². The summed E-state index contributed by atoms with van der Waals surface area (Å²) in [6.45, 7) is 1.10. The molecule has 0 aliphatic heterocycles. The summed E-state index contributed by atoms with van der Waals surface area (Å²) in [5, 5.41) is 0. The molecule has 104 valence electrons. The van der Waals surface area contributed by atoms with Gasteiger partial charge < -0.3 is 9.53 Å². The molecule has 0 radical (unpaired) electrons. The lowest BCUT2D eigenvalue weighted by Crippen LogP contribution is -2.87. The van der Waals surface area contributed by atoms with E-state index in [0.717, 1.165) is 6.92 Å². The molecule has 0 bridgehead atoms. The average molecular weight is 278 g/mol. The molecule has 0 heterocycles. The standard InChI is InChI=1S/C9H8F6O3/c1-2-5(17)18-6(3-4-16)7(10,11)9(14,15)8(6,12)13/h4H,2-3H2,1H3. The summed E-state index contributed by atoms with van der Waals surface area (Å²) in [6.07, 6.45) is -2.70. The smallest absolute Gasteiger partial charge is 0.380 e. The summed E-state index contributed by atoms with van der Waals surface area (Å²) >= 11 is 0. The number of aldehydes is 1. The van der Waals surface area contributed by atoms with E-state index in [9.17, 15) is 35.9 Å². The van der Waals surface area contributed by atoms with Crippen LogP contribution in [-0.2, 0) is 14.3 Å². The lowest BCUT2D eigenvalue weighted by molar-refractivity contribution is -0.487. The number of esters is 1. The van der Waals surface area contributed by atoms with Gasteiger partial charge >= 0.3 is 23.7 Å². The first-order valence-electron chi connectivity index (χ1n) is 4.80. The molecular formula is C9H8F6O3. The first kappa shape index (κ1) is 14.8. The number of alkyl halides is 6. The van der Waals surface area contributed by atoms with Crippen molar-refractivity contribution in [1.82, 2.24) is 0 Å². The Morgan fingerprint density at radius 2 is 1.50 bits per heavy atom. The van der Waals surface area contributed by atoms with Gasteiger partial charge in [-0.25, -0.2) is 0 Å². The molecule has 1 aliphatic rings. The highest BCUT2D eigenvalue weighted by atomic mass is 19.4. The van der Waals surface area contributed by atoms with Crippen molar-refractivity contribution in [3.8, 4) is 0 Å². The summed E-state index contributed by atoms with van der Waals surface area (Å²) in [4.78, 5) is 21.0. The molecule has 1 saturated carbocycles. The van der Waals surface area contributed by atoms with Crippen LogP contribution in [0.4, 0.5) is 26.3 Å². The van der Waals surface area contributed by atoms with Gasteiger partial charge in [-0.15, -0.1) is 0 Å². The highest BCUT2D eigenvalue weighted by Crippen LogP contribution is 2.69. The third-order valence-electron chi connectivity index (χ3n) is 2.75. The van der Waals surface area contributed by atoms with Crippen molar-refractivity contribution < 1.29 is 40.7 Å². The minimum atomic E-state index is -5.67. The van der Waals surface area contributed by atoms with Crippen molar-refractivity contribution in [2.75, 3.05) is 0 Å². The van der Waals surface area contributed by atoms with Crippen molar-refractivity contribution in [3.05, 3.63) is 0 Å². The Balaban J connectivity index is 3.27. The Bertz CT molecular complexity index is 360. The van der Waals surface area contributed by atoms with E-state index < -0.39 is 48.5 Å². The predicted molar refractivity (Wildman–Crippen MR) is 44.6 cm³/mol. The van der Waals surface area contributed by atoms with Gasteiger partial charge in [0.05, 0.1) is 6.42 Å². The quantitative estimate of drug-likeness (QED) is 0.450. The van der Waals surface area contributed by atoms with Gasteiger partial charge in [0.2, 0.25) is 0 Å². The highest BCUT2D eigenvalue weighted by molar-refractivity contribution is 5.71. The minimum Gasteiger partial charge on any atom is -0.445 e. The van der Waals surface area contributed by atoms with Crippen molar-refractivity contribution >= 4 is 12.3 Å². The molecule has 0 atom stereocenters. The molecule has 0 aromatic carbocycles. The molecule has 0 amide bonds. The van der Waals surface area contributed by atoms with Crippen LogP contribution in [0.2, 0.25) is 0 Å². The van der Waals surface area contributed by atoms with Crippen LogP contribution >= 0.6 is 0 Å². The Labute approximate surface area is 97.1 Å². The molecular weight excluding hydrogens is 270 g/mol. The Morgan fingerprint density at radius 3 is 1.83 bits per heavy atom. The number of carbonyl (C=O) groups is 2. The van der Waals surface area contributed by atoms with Gasteiger partial charge in [0, 0.05) is 6.42 Å². The number of rotatable bonds is 4. The van der Waals surface area contributed by atoms with Crippen LogP contribution in [0, 0.1) is 0 Å². The molecule has 1 fully saturated rings. The monoisotopic (exact) mass is 278 g/mol. The molecule has 0 unspecified atom stereocenters. The van der Waals surface area contributed by atoms with Crippen LogP contribution < -0.4 is 0 Å². The molecule has 0 aromatic heterocycles. The van der Waals surface area contributed by atoms with Crippen LogP contribution in [-0.4, -0.2) is 35.6 Å². The zero-order chi connectivity index (χ0) is 14.4. The predicted octanol–water partition coefficient (Wildman–Crippen LogP) is 2.19. The lowest BCUT2D eigenvalue weighted by Gasteiger charge is -2.56. The first-order valence-corrected chi connectivity index (χ1v) is 4.80. The molecule has 0 N–H and O–H groups in total. The number of hydrogen-bond donors (Lipinski definition) is 0. The first-order chi connectivity index (χ1) is 8.02. The van der Waals surface area contributed by atoms with E-state index >= 15 is 0 Å². The van der Waals surface area contributed by atoms with Crippen LogP contribution in [0.25, 0.3) is 0 Å². The fourth-order valence-corrected chi connectivity index (χ4v) is 1.65. The topological polar surface area (TPSA) is 43.4 Å². The minimum absolute atomic E-state index is 0.417. The Morgan fingerprint density at radius 1 is 1.06 bits per heavy atom. The maximum atomic E-state index is 13.1. The van der Waals surface area contributed by atoms with Crippen molar-refractivity contribution in [1.29, 1.82) is 0 Å². The zero-order valence-corrected chi connectivity index (χ0v) is 8.98. The van der Waals surface area contributed by atoms with E-state index in [1.165, 1.54) is 0 Å². The Kier molecular flexibility index (Phi) is 3.17. The third-order valence-corrected chi connectivity index (χ3v) is 2.75. The van der Waals surface area contributed by atoms with Gasteiger partial charge in [0.1, 0.15) is 6.29 Å². The van der Waals surface area contributed by atoms with Gasteiger partial charge in [0.15, 0.2) is 0 Å². The molecule has 18 heavy (non-hydrogen) atoms. The van der Waals surface area contributed by atoms with Gasteiger partial charge in [-0.2, -0.15) is 26.3 Å². The molecule has 3 nitrogen and oxygen atoms in total. The van der Waals surface area contributed by atoms with Gasteiger partial charge in [-0.3, -0.25) is 4.79 Å². The summed E-state index contributed by atoms with van der Waals surface area (Å²) < 4.78 is 81.7. The van der Waals surface area contributed by atoms with E-state index in [0.29, 0.717) is 0 Å². The van der Waals surface area contributed by atoms with Crippen LogP contribution in [0.15, 0.2) is 0 Å². The second kappa shape index (κ2) is 3.86. The summed E-state index contributed by atoms with van der Waals surface area (Å²) in [5.74, 6) is -17.8. The van der Waals surface area contributed by atoms with Gasteiger partial charge in [-0.05, 0) is 0 Å². The fraction of sp³-hybridized carbons (Fsp3) is 0.778. The maximum Gasteiger partial charge on any atom is 0.380 e.